The summed E-state index contributed by atoms with van der Waals surface area (Å²) in [6.07, 6.45) is 1.00. The van der Waals surface area contributed by atoms with Crippen molar-refractivity contribution in [3.63, 3.8) is 0 Å². The van der Waals surface area contributed by atoms with E-state index in [1.165, 1.54) is 4.88 Å². The zero-order valence-corrected chi connectivity index (χ0v) is 14.0. The molecule has 0 atom stereocenters. The normalized spacial score (nSPS) is 11.0. The maximum absolute atomic E-state index is 4.75. The van der Waals surface area contributed by atoms with Crippen molar-refractivity contribution in [1.29, 1.82) is 0 Å². The van der Waals surface area contributed by atoms with Crippen LogP contribution in [0.4, 0.5) is 5.82 Å². The molecule has 4 rings (SSSR count). The number of thiophene rings is 2. The molecule has 1 N–H and O–H groups in total. The Hall–Kier alpha value is -2.24. The fourth-order valence-corrected chi connectivity index (χ4v) is 3.85. The molecule has 0 saturated heterocycles. The molecule has 3 heterocycles. The van der Waals surface area contributed by atoms with Gasteiger partial charge in [0.05, 0.1) is 10.4 Å². The Bertz CT molecular complexity index is 899. The van der Waals surface area contributed by atoms with E-state index in [1.807, 2.05) is 24.3 Å². The second-order valence-corrected chi connectivity index (χ2v) is 7.13. The Morgan fingerprint density at radius 2 is 1.74 bits per heavy atom. The van der Waals surface area contributed by atoms with Crippen molar-refractivity contribution in [3.05, 3.63) is 64.2 Å². The first-order chi connectivity index (χ1) is 11.4. The van der Waals surface area contributed by atoms with Crippen molar-refractivity contribution in [2.75, 3.05) is 11.9 Å². The number of fused-ring (bicyclic) bond motifs is 1. The summed E-state index contributed by atoms with van der Waals surface area (Å²) in [7, 11) is 0. The van der Waals surface area contributed by atoms with Crippen LogP contribution in [0.1, 0.15) is 4.88 Å². The highest BCUT2D eigenvalue weighted by Gasteiger charge is 2.09. The molecular formula is C18H15N3S2. The number of benzene rings is 1. The predicted molar refractivity (Wildman–Crippen MR) is 99.4 cm³/mol. The highest BCUT2D eigenvalue weighted by molar-refractivity contribution is 7.13. The SMILES string of the molecule is c1csc(CCNc2nc(-c3cccs3)nc3ccccc23)c1. The lowest BCUT2D eigenvalue weighted by molar-refractivity contribution is 1.03. The van der Waals surface area contributed by atoms with Crippen LogP contribution in [0.25, 0.3) is 21.6 Å². The van der Waals surface area contributed by atoms with Gasteiger partial charge in [0, 0.05) is 16.8 Å². The van der Waals surface area contributed by atoms with Crippen LogP contribution in [-0.4, -0.2) is 16.5 Å². The van der Waals surface area contributed by atoms with Gasteiger partial charge in [-0.1, -0.05) is 24.3 Å². The van der Waals surface area contributed by atoms with E-state index < -0.39 is 0 Å². The summed E-state index contributed by atoms with van der Waals surface area (Å²) >= 11 is 3.46. The zero-order chi connectivity index (χ0) is 15.5. The fourth-order valence-electron chi connectivity index (χ4n) is 2.49. The van der Waals surface area contributed by atoms with Gasteiger partial charge < -0.3 is 5.32 Å². The first-order valence-electron chi connectivity index (χ1n) is 7.47. The van der Waals surface area contributed by atoms with Gasteiger partial charge in [-0.3, -0.25) is 0 Å². The maximum Gasteiger partial charge on any atom is 0.172 e. The fraction of sp³-hybridized carbons (Fsp3) is 0.111. The minimum Gasteiger partial charge on any atom is -0.369 e. The van der Waals surface area contributed by atoms with Crippen LogP contribution in [0.2, 0.25) is 0 Å². The van der Waals surface area contributed by atoms with E-state index in [-0.39, 0.29) is 0 Å². The van der Waals surface area contributed by atoms with Crippen LogP contribution < -0.4 is 5.32 Å². The second kappa shape index (κ2) is 6.48. The van der Waals surface area contributed by atoms with Gasteiger partial charge in [0.1, 0.15) is 5.82 Å². The van der Waals surface area contributed by atoms with E-state index in [0.717, 1.165) is 40.4 Å². The van der Waals surface area contributed by atoms with Crippen LogP contribution in [0.15, 0.2) is 59.3 Å². The van der Waals surface area contributed by atoms with Crippen LogP contribution in [-0.2, 0) is 6.42 Å². The molecule has 3 aromatic heterocycles. The lowest BCUT2D eigenvalue weighted by Crippen LogP contribution is -2.07. The monoisotopic (exact) mass is 337 g/mol. The highest BCUT2D eigenvalue weighted by Crippen LogP contribution is 2.27. The summed E-state index contributed by atoms with van der Waals surface area (Å²) in [6, 6.07) is 16.5. The summed E-state index contributed by atoms with van der Waals surface area (Å²) < 4.78 is 0. The molecule has 0 fully saturated rings. The van der Waals surface area contributed by atoms with Crippen molar-refractivity contribution >= 4 is 39.4 Å². The first kappa shape index (κ1) is 14.4. The average molecular weight is 337 g/mol. The van der Waals surface area contributed by atoms with Crippen LogP contribution in [0.5, 0.6) is 0 Å². The molecular weight excluding hydrogens is 322 g/mol. The molecule has 23 heavy (non-hydrogen) atoms. The number of para-hydroxylation sites is 1. The van der Waals surface area contributed by atoms with Crippen molar-refractivity contribution in [1.82, 2.24) is 9.97 Å². The quantitative estimate of drug-likeness (QED) is 0.552. The van der Waals surface area contributed by atoms with Crippen molar-refractivity contribution in [3.8, 4) is 10.7 Å². The minimum absolute atomic E-state index is 0.789. The number of hydrogen-bond donors (Lipinski definition) is 1. The van der Waals surface area contributed by atoms with Gasteiger partial charge in [0.2, 0.25) is 0 Å². The Labute approximate surface area is 142 Å². The molecule has 0 saturated carbocycles. The van der Waals surface area contributed by atoms with E-state index in [9.17, 15) is 0 Å². The van der Waals surface area contributed by atoms with Crippen LogP contribution >= 0.6 is 22.7 Å². The van der Waals surface area contributed by atoms with Gasteiger partial charge in [-0.2, -0.15) is 0 Å². The number of rotatable bonds is 5. The van der Waals surface area contributed by atoms with Crippen molar-refractivity contribution in [2.24, 2.45) is 0 Å². The van der Waals surface area contributed by atoms with E-state index in [2.05, 4.69) is 40.3 Å². The largest absolute Gasteiger partial charge is 0.369 e. The molecule has 0 aliphatic carbocycles. The molecule has 0 unspecified atom stereocenters. The first-order valence-corrected chi connectivity index (χ1v) is 9.23. The third kappa shape index (κ3) is 3.11. The Morgan fingerprint density at radius 1 is 0.870 bits per heavy atom. The topological polar surface area (TPSA) is 37.8 Å². The summed E-state index contributed by atoms with van der Waals surface area (Å²) in [5.74, 6) is 1.70. The molecule has 114 valence electrons. The molecule has 0 bridgehead atoms. The molecule has 3 nitrogen and oxygen atoms in total. The average Bonchev–Trinajstić information content (AvgIpc) is 3.28. The van der Waals surface area contributed by atoms with Gasteiger partial charge >= 0.3 is 0 Å². The van der Waals surface area contributed by atoms with Crippen LogP contribution in [0.3, 0.4) is 0 Å². The van der Waals surface area contributed by atoms with Gasteiger partial charge in [0.25, 0.3) is 0 Å². The van der Waals surface area contributed by atoms with Crippen LogP contribution in [0, 0.1) is 0 Å². The van der Waals surface area contributed by atoms with Gasteiger partial charge in [-0.05, 0) is 41.4 Å². The standard InChI is InChI=1S/C18H15N3S2/c1-2-7-15-14(6-1)17(19-10-9-13-5-3-11-22-13)21-18(20-15)16-8-4-12-23-16/h1-8,11-12H,9-10H2,(H,19,20,21). The van der Waals surface area contributed by atoms with Crippen molar-refractivity contribution < 1.29 is 0 Å². The molecule has 1 aromatic carbocycles. The molecule has 5 heteroatoms. The third-order valence-electron chi connectivity index (χ3n) is 3.59. The lowest BCUT2D eigenvalue weighted by Gasteiger charge is -2.10. The molecule has 4 aromatic rings. The highest BCUT2D eigenvalue weighted by atomic mass is 32.1. The minimum atomic E-state index is 0.789. The smallest absolute Gasteiger partial charge is 0.172 e. The Morgan fingerprint density at radius 3 is 2.57 bits per heavy atom. The van der Waals surface area contributed by atoms with Crippen molar-refractivity contribution in [2.45, 2.75) is 6.42 Å². The number of nitrogens with one attached hydrogen (secondary N) is 1. The summed E-state index contributed by atoms with van der Waals surface area (Å²) in [6.45, 7) is 0.866. The number of nitrogens with zero attached hydrogens (tertiary/aromatic N) is 2. The molecule has 0 aliphatic rings. The molecule has 0 spiro atoms. The van der Waals surface area contributed by atoms with Gasteiger partial charge in [-0.25, -0.2) is 9.97 Å². The maximum atomic E-state index is 4.75. The summed E-state index contributed by atoms with van der Waals surface area (Å²) in [4.78, 5) is 11.9. The zero-order valence-electron chi connectivity index (χ0n) is 12.4. The van der Waals surface area contributed by atoms with E-state index in [4.69, 9.17) is 9.97 Å². The molecule has 0 aliphatic heterocycles. The molecule has 0 amide bonds. The summed E-state index contributed by atoms with van der Waals surface area (Å²) in [5.41, 5.74) is 0.976. The number of anilines is 1. The second-order valence-electron chi connectivity index (χ2n) is 5.15. The molecule has 0 radical (unpaired) electrons. The van der Waals surface area contributed by atoms with Gasteiger partial charge in [0.15, 0.2) is 5.82 Å². The summed E-state index contributed by atoms with van der Waals surface area (Å²) in [5, 5.41) is 8.73. The number of hydrogen-bond acceptors (Lipinski definition) is 5. The van der Waals surface area contributed by atoms with E-state index in [1.54, 1.807) is 22.7 Å². The lowest BCUT2D eigenvalue weighted by atomic mass is 10.2. The number of aromatic nitrogens is 2. The predicted octanol–water partition coefficient (Wildman–Crippen LogP) is 5.07. The van der Waals surface area contributed by atoms with Gasteiger partial charge in [-0.15, -0.1) is 22.7 Å². The third-order valence-corrected chi connectivity index (χ3v) is 5.39. The van der Waals surface area contributed by atoms with E-state index >= 15 is 0 Å². The Balaban J connectivity index is 1.66. The van der Waals surface area contributed by atoms with E-state index in [0.29, 0.717) is 0 Å². The Kier molecular flexibility index (Phi) is 4.05.